The molecule has 126 valence electrons. The number of aryl methyl sites for hydroxylation is 1. The molecule has 1 fully saturated rings. The van der Waals surface area contributed by atoms with E-state index in [4.69, 9.17) is 11.6 Å². The summed E-state index contributed by atoms with van der Waals surface area (Å²) in [7, 11) is 0. The van der Waals surface area contributed by atoms with Gasteiger partial charge in [-0.3, -0.25) is 0 Å². The molecule has 3 heterocycles. The molecule has 4 rings (SSSR count). The predicted molar refractivity (Wildman–Crippen MR) is 103 cm³/mol. The van der Waals surface area contributed by atoms with Crippen LogP contribution in [0.15, 0.2) is 30.6 Å². The standard InChI is InChI=1S/C18H16ClN5S/c1-12-9-14-17(21-11-22-18(14)25-12)24-7-5-23(6-8-24)16-13(10-20)3-2-4-15(16)19/h2-4,9,11H,5-8H2,1H3. The van der Waals surface area contributed by atoms with Crippen molar-refractivity contribution in [2.45, 2.75) is 6.92 Å². The molecule has 5 nitrogen and oxygen atoms in total. The molecule has 0 N–H and O–H groups in total. The maximum absolute atomic E-state index is 9.36. The number of halogens is 1. The molecule has 0 aliphatic carbocycles. The first kappa shape index (κ1) is 16.1. The Bertz CT molecular complexity index is 969. The Morgan fingerprint density at radius 3 is 2.68 bits per heavy atom. The van der Waals surface area contributed by atoms with Crippen LogP contribution < -0.4 is 9.80 Å². The van der Waals surface area contributed by atoms with Gasteiger partial charge in [0.05, 0.1) is 21.7 Å². The topological polar surface area (TPSA) is 56.0 Å². The molecule has 0 radical (unpaired) electrons. The fraction of sp³-hybridized carbons (Fsp3) is 0.278. The fourth-order valence-electron chi connectivity index (χ4n) is 3.28. The zero-order valence-corrected chi connectivity index (χ0v) is 15.3. The van der Waals surface area contributed by atoms with Crippen molar-refractivity contribution in [3.05, 3.63) is 46.1 Å². The summed E-state index contributed by atoms with van der Waals surface area (Å²) in [5.41, 5.74) is 1.46. The van der Waals surface area contributed by atoms with E-state index in [1.54, 1.807) is 17.7 Å². The molecule has 0 saturated carbocycles. The molecule has 25 heavy (non-hydrogen) atoms. The average Bonchev–Trinajstić information content (AvgIpc) is 3.02. The van der Waals surface area contributed by atoms with Crippen LogP contribution in [-0.4, -0.2) is 36.1 Å². The summed E-state index contributed by atoms with van der Waals surface area (Å²) < 4.78 is 0. The van der Waals surface area contributed by atoms with Crippen molar-refractivity contribution < 1.29 is 0 Å². The van der Waals surface area contributed by atoms with E-state index >= 15 is 0 Å². The number of hydrogen-bond acceptors (Lipinski definition) is 6. The van der Waals surface area contributed by atoms with Gasteiger partial charge in [0.15, 0.2) is 0 Å². The van der Waals surface area contributed by atoms with Crippen LogP contribution in [-0.2, 0) is 0 Å². The van der Waals surface area contributed by atoms with Crippen molar-refractivity contribution in [1.29, 1.82) is 5.26 Å². The van der Waals surface area contributed by atoms with Gasteiger partial charge < -0.3 is 9.80 Å². The third-order valence-corrected chi connectivity index (χ3v) is 5.70. The molecule has 0 bridgehead atoms. The number of para-hydroxylation sites is 1. The van der Waals surface area contributed by atoms with Crippen molar-refractivity contribution in [2.24, 2.45) is 0 Å². The molecule has 0 atom stereocenters. The number of fused-ring (bicyclic) bond motifs is 1. The number of nitriles is 1. The Morgan fingerprint density at radius 2 is 1.92 bits per heavy atom. The molecule has 7 heteroatoms. The average molecular weight is 370 g/mol. The second-order valence-electron chi connectivity index (χ2n) is 6.00. The van der Waals surface area contributed by atoms with Crippen LogP contribution >= 0.6 is 22.9 Å². The minimum absolute atomic E-state index is 0.624. The molecule has 1 aliphatic rings. The van der Waals surface area contributed by atoms with Gasteiger partial charge in [-0.25, -0.2) is 9.97 Å². The Morgan fingerprint density at radius 1 is 1.16 bits per heavy atom. The first-order valence-electron chi connectivity index (χ1n) is 8.07. The number of nitrogens with zero attached hydrogens (tertiary/aromatic N) is 5. The summed E-state index contributed by atoms with van der Waals surface area (Å²) in [6, 6.07) is 9.87. The van der Waals surface area contributed by atoms with E-state index < -0.39 is 0 Å². The minimum Gasteiger partial charge on any atom is -0.366 e. The molecule has 0 unspecified atom stereocenters. The molecular formula is C18H16ClN5S. The van der Waals surface area contributed by atoms with Gasteiger partial charge in [-0.15, -0.1) is 11.3 Å². The van der Waals surface area contributed by atoms with E-state index in [1.807, 2.05) is 18.2 Å². The monoisotopic (exact) mass is 369 g/mol. The second kappa shape index (κ2) is 6.51. The highest BCUT2D eigenvalue weighted by Gasteiger charge is 2.23. The quantitative estimate of drug-likeness (QED) is 0.686. The lowest BCUT2D eigenvalue weighted by atomic mass is 10.1. The van der Waals surface area contributed by atoms with Crippen LogP contribution in [0.2, 0.25) is 5.02 Å². The highest BCUT2D eigenvalue weighted by Crippen LogP contribution is 2.33. The lowest BCUT2D eigenvalue weighted by Crippen LogP contribution is -2.47. The van der Waals surface area contributed by atoms with Gasteiger partial charge in [0, 0.05) is 31.1 Å². The summed E-state index contributed by atoms with van der Waals surface area (Å²) >= 11 is 8.04. The van der Waals surface area contributed by atoms with Gasteiger partial charge in [-0.1, -0.05) is 17.7 Å². The van der Waals surface area contributed by atoms with Crippen molar-refractivity contribution in [2.75, 3.05) is 36.0 Å². The van der Waals surface area contributed by atoms with Gasteiger partial charge in [-0.05, 0) is 25.1 Å². The smallest absolute Gasteiger partial charge is 0.140 e. The van der Waals surface area contributed by atoms with E-state index in [-0.39, 0.29) is 0 Å². The van der Waals surface area contributed by atoms with Crippen LogP contribution in [0.3, 0.4) is 0 Å². The van der Waals surface area contributed by atoms with Crippen molar-refractivity contribution in [3.63, 3.8) is 0 Å². The zero-order chi connectivity index (χ0) is 17.4. The fourth-order valence-corrected chi connectivity index (χ4v) is 4.42. The highest BCUT2D eigenvalue weighted by atomic mass is 35.5. The maximum atomic E-state index is 9.36. The lowest BCUT2D eigenvalue weighted by molar-refractivity contribution is 0.648. The first-order valence-corrected chi connectivity index (χ1v) is 9.26. The van der Waals surface area contributed by atoms with Crippen LogP contribution in [0.5, 0.6) is 0 Å². The third-order valence-electron chi connectivity index (χ3n) is 4.43. The number of hydrogen-bond donors (Lipinski definition) is 0. The Kier molecular flexibility index (Phi) is 4.20. The molecule has 2 aromatic heterocycles. The molecule has 0 amide bonds. The first-order chi connectivity index (χ1) is 12.2. The molecule has 3 aromatic rings. The summed E-state index contributed by atoms with van der Waals surface area (Å²) in [6.45, 7) is 5.35. The summed E-state index contributed by atoms with van der Waals surface area (Å²) in [4.78, 5) is 15.6. The SMILES string of the molecule is Cc1cc2c(N3CCN(c4c(Cl)cccc4C#N)CC3)ncnc2s1. The van der Waals surface area contributed by atoms with Crippen molar-refractivity contribution in [3.8, 4) is 6.07 Å². The number of benzene rings is 1. The zero-order valence-electron chi connectivity index (χ0n) is 13.7. The minimum atomic E-state index is 0.624. The maximum Gasteiger partial charge on any atom is 0.140 e. The van der Waals surface area contributed by atoms with Crippen LogP contribution in [0.4, 0.5) is 11.5 Å². The van der Waals surface area contributed by atoms with Crippen LogP contribution in [0.1, 0.15) is 10.4 Å². The molecule has 1 aromatic carbocycles. The summed E-state index contributed by atoms with van der Waals surface area (Å²) in [5.74, 6) is 0.994. The molecular weight excluding hydrogens is 354 g/mol. The number of rotatable bonds is 2. The van der Waals surface area contributed by atoms with Gasteiger partial charge in [0.25, 0.3) is 0 Å². The van der Waals surface area contributed by atoms with Gasteiger partial charge >= 0.3 is 0 Å². The third kappa shape index (κ3) is 2.90. The number of thiophene rings is 1. The van der Waals surface area contributed by atoms with E-state index in [0.717, 1.165) is 47.9 Å². The normalized spacial score (nSPS) is 14.8. The lowest BCUT2D eigenvalue weighted by Gasteiger charge is -2.37. The van der Waals surface area contributed by atoms with Crippen molar-refractivity contribution >= 4 is 44.7 Å². The highest BCUT2D eigenvalue weighted by molar-refractivity contribution is 7.18. The second-order valence-corrected chi connectivity index (χ2v) is 7.64. The summed E-state index contributed by atoms with van der Waals surface area (Å²) in [6.07, 6.45) is 1.64. The van der Waals surface area contributed by atoms with Gasteiger partial charge in [-0.2, -0.15) is 5.26 Å². The van der Waals surface area contributed by atoms with Crippen LogP contribution in [0, 0.1) is 18.3 Å². The Hall–Kier alpha value is -2.36. The Labute approximate surface area is 155 Å². The number of piperazine rings is 1. The molecule has 1 aliphatic heterocycles. The van der Waals surface area contributed by atoms with E-state index in [1.165, 1.54) is 4.88 Å². The number of anilines is 2. The van der Waals surface area contributed by atoms with Gasteiger partial charge in [0.2, 0.25) is 0 Å². The molecule has 1 saturated heterocycles. The van der Waals surface area contributed by atoms with E-state index in [2.05, 4.69) is 38.8 Å². The van der Waals surface area contributed by atoms with Crippen LogP contribution in [0.25, 0.3) is 10.2 Å². The van der Waals surface area contributed by atoms with E-state index in [0.29, 0.717) is 10.6 Å². The predicted octanol–water partition coefficient (Wildman–Crippen LogP) is 3.85. The van der Waals surface area contributed by atoms with Gasteiger partial charge in [0.1, 0.15) is 23.0 Å². The van der Waals surface area contributed by atoms with Crippen molar-refractivity contribution in [1.82, 2.24) is 9.97 Å². The summed E-state index contributed by atoms with van der Waals surface area (Å²) in [5, 5.41) is 11.1. The number of aromatic nitrogens is 2. The Balaban J connectivity index is 1.59. The largest absolute Gasteiger partial charge is 0.366 e. The molecule has 0 spiro atoms. The van der Waals surface area contributed by atoms with E-state index in [9.17, 15) is 5.26 Å².